The summed E-state index contributed by atoms with van der Waals surface area (Å²) in [6.45, 7) is 3.46. The van der Waals surface area contributed by atoms with Crippen LogP contribution in [0.2, 0.25) is 0 Å². The number of anilines is 1. The minimum atomic E-state index is -0.287. The van der Waals surface area contributed by atoms with Crippen molar-refractivity contribution in [3.05, 3.63) is 23.9 Å². The predicted molar refractivity (Wildman–Crippen MR) is 72.3 cm³/mol. The molecular weight excluding hydrogens is 240 g/mol. The summed E-state index contributed by atoms with van der Waals surface area (Å²) >= 11 is 0. The summed E-state index contributed by atoms with van der Waals surface area (Å²) in [5.74, 6) is 1.65. The predicted octanol–water partition coefficient (Wildman–Crippen LogP) is 2.30. The molecule has 3 heterocycles. The third kappa shape index (κ3) is 2.13. The quantitative estimate of drug-likeness (QED) is 0.817. The Morgan fingerprint density at radius 1 is 1.16 bits per heavy atom. The second-order valence-electron chi connectivity index (χ2n) is 5.79. The van der Waals surface area contributed by atoms with Gasteiger partial charge in [0.2, 0.25) is 0 Å². The summed E-state index contributed by atoms with van der Waals surface area (Å²) in [4.78, 5) is 7.03. The highest BCUT2D eigenvalue weighted by atomic mass is 16.7. The van der Waals surface area contributed by atoms with Gasteiger partial charge in [0, 0.05) is 32.1 Å². The number of piperidine rings is 1. The smallest absolute Gasteiger partial charge is 0.171 e. The van der Waals surface area contributed by atoms with E-state index >= 15 is 0 Å². The molecule has 1 saturated carbocycles. The molecule has 1 aliphatic carbocycles. The zero-order chi connectivity index (χ0) is 12.7. The Balaban J connectivity index is 1.52. The van der Waals surface area contributed by atoms with Gasteiger partial charge in [0.15, 0.2) is 5.79 Å². The second kappa shape index (κ2) is 4.46. The Kier molecular flexibility index (Phi) is 2.74. The van der Waals surface area contributed by atoms with Crippen molar-refractivity contribution in [3.63, 3.8) is 0 Å². The third-order valence-corrected chi connectivity index (χ3v) is 4.47. The normalized spacial score (nSPS) is 26.0. The molecule has 0 aromatic carbocycles. The van der Waals surface area contributed by atoms with Crippen LogP contribution in [-0.2, 0) is 9.47 Å². The first-order valence-electron chi connectivity index (χ1n) is 7.34. The lowest BCUT2D eigenvalue weighted by atomic mass is 10.0. The van der Waals surface area contributed by atoms with Crippen LogP contribution in [0, 0.1) is 0 Å². The molecular formula is C15H20N2O2. The van der Waals surface area contributed by atoms with Gasteiger partial charge in [-0.05, 0) is 30.4 Å². The van der Waals surface area contributed by atoms with Crippen LogP contribution in [-0.4, -0.2) is 37.1 Å². The van der Waals surface area contributed by atoms with Crippen LogP contribution in [0.5, 0.6) is 0 Å². The number of nitrogens with zero attached hydrogens (tertiary/aromatic N) is 2. The molecule has 0 unspecified atom stereocenters. The van der Waals surface area contributed by atoms with Crippen molar-refractivity contribution in [1.29, 1.82) is 0 Å². The van der Waals surface area contributed by atoms with Gasteiger partial charge < -0.3 is 14.4 Å². The molecule has 19 heavy (non-hydrogen) atoms. The van der Waals surface area contributed by atoms with Crippen LogP contribution in [0.1, 0.15) is 37.2 Å². The van der Waals surface area contributed by atoms with E-state index in [0.29, 0.717) is 0 Å². The number of pyridine rings is 1. The molecule has 0 bridgehead atoms. The van der Waals surface area contributed by atoms with E-state index in [-0.39, 0.29) is 5.79 Å². The van der Waals surface area contributed by atoms with E-state index in [9.17, 15) is 0 Å². The first-order valence-corrected chi connectivity index (χ1v) is 7.34. The van der Waals surface area contributed by atoms with Gasteiger partial charge in [-0.15, -0.1) is 0 Å². The molecule has 3 aliphatic rings. The average molecular weight is 260 g/mol. The minimum Gasteiger partial charge on any atom is -0.356 e. The van der Waals surface area contributed by atoms with Gasteiger partial charge in [-0.3, -0.25) is 0 Å². The first kappa shape index (κ1) is 11.7. The largest absolute Gasteiger partial charge is 0.356 e. The van der Waals surface area contributed by atoms with Crippen LogP contribution in [0.15, 0.2) is 18.3 Å². The highest BCUT2D eigenvalue weighted by Crippen LogP contribution is 2.44. The number of hydrogen-bond donors (Lipinski definition) is 0. The van der Waals surface area contributed by atoms with Crippen LogP contribution < -0.4 is 4.90 Å². The van der Waals surface area contributed by atoms with Crippen molar-refractivity contribution in [2.24, 2.45) is 0 Å². The summed E-state index contributed by atoms with van der Waals surface area (Å²) in [5, 5.41) is 0. The molecule has 102 valence electrons. The van der Waals surface area contributed by atoms with Crippen molar-refractivity contribution in [1.82, 2.24) is 4.98 Å². The Labute approximate surface area is 113 Å². The lowest BCUT2D eigenvalue weighted by Crippen LogP contribution is -2.45. The SMILES string of the molecule is c1cnc(N2CCC3(CC2)OCCO3)c(C2CC2)c1. The zero-order valence-electron chi connectivity index (χ0n) is 11.2. The number of aromatic nitrogens is 1. The molecule has 0 amide bonds. The van der Waals surface area contributed by atoms with Crippen LogP contribution in [0.25, 0.3) is 0 Å². The van der Waals surface area contributed by atoms with Gasteiger partial charge in [0.1, 0.15) is 5.82 Å². The molecule has 0 atom stereocenters. The minimum absolute atomic E-state index is 0.287. The lowest BCUT2D eigenvalue weighted by molar-refractivity contribution is -0.169. The van der Waals surface area contributed by atoms with Crippen molar-refractivity contribution < 1.29 is 9.47 Å². The van der Waals surface area contributed by atoms with E-state index in [1.165, 1.54) is 24.2 Å². The van der Waals surface area contributed by atoms with Crippen LogP contribution in [0.4, 0.5) is 5.82 Å². The Bertz CT molecular complexity index is 457. The maximum absolute atomic E-state index is 5.79. The fourth-order valence-corrected chi connectivity index (χ4v) is 3.23. The van der Waals surface area contributed by atoms with E-state index in [1.807, 2.05) is 6.20 Å². The van der Waals surface area contributed by atoms with Gasteiger partial charge in [0.25, 0.3) is 0 Å². The Morgan fingerprint density at radius 2 is 1.89 bits per heavy atom. The lowest BCUT2D eigenvalue weighted by Gasteiger charge is -2.38. The topological polar surface area (TPSA) is 34.6 Å². The molecule has 1 spiro atoms. The first-order chi connectivity index (χ1) is 9.36. The Hall–Kier alpha value is -1.13. The summed E-state index contributed by atoms with van der Waals surface area (Å²) in [6, 6.07) is 4.30. The van der Waals surface area contributed by atoms with E-state index in [2.05, 4.69) is 22.0 Å². The van der Waals surface area contributed by atoms with Gasteiger partial charge in [-0.1, -0.05) is 6.07 Å². The molecule has 4 rings (SSSR count). The second-order valence-corrected chi connectivity index (χ2v) is 5.79. The van der Waals surface area contributed by atoms with Crippen LogP contribution >= 0.6 is 0 Å². The fraction of sp³-hybridized carbons (Fsp3) is 0.667. The maximum Gasteiger partial charge on any atom is 0.171 e. The van der Waals surface area contributed by atoms with Crippen molar-refractivity contribution in [3.8, 4) is 0 Å². The van der Waals surface area contributed by atoms with Crippen molar-refractivity contribution >= 4 is 5.82 Å². The maximum atomic E-state index is 5.79. The van der Waals surface area contributed by atoms with E-state index < -0.39 is 0 Å². The highest BCUT2D eigenvalue weighted by Gasteiger charge is 2.40. The molecule has 4 nitrogen and oxygen atoms in total. The monoisotopic (exact) mass is 260 g/mol. The molecule has 4 heteroatoms. The number of hydrogen-bond acceptors (Lipinski definition) is 4. The molecule has 0 N–H and O–H groups in total. The third-order valence-electron chi connectivity index (χ3n) is 4.47. The fourth-order valence-electron chi connectivity index (χ4n) is 3.23. The van der Waals surface area contributed by atoms with E-state index in [4.69, 9.17) is 9.47 Å². The standard InChI is InChI=1S/C15H20N2O2/c1-2-13(12-3-4-12)14(16-7-1)17-8-5-15(6-9-17)18-10-11-19-15/h1-2,7,12H,3-6,8-11H2. The van der Waals surface area contributed by atoms with Crippen molar-refractivity contribution in [2.45, 2.75) is 37.4 Å². The van der Waals surface area contributed by atoms with Gasteiger partial charge in [-0.25, -0.2) is 4.98 Å². The number of ether oxygens (including phenoxy) is 2. The van der Waals surface area contributed by atoms with E-state index in [1.54, 1.807) is 0 Å². The summed E-state index contributed by atoms with van der Waals surface area (Å²) < 4.78 is 11.6. The molecule has 1 aromatic heterocycles. The molecule has 1 aromatic rings. The number of rotatable bonds is 2. The average Bonchev–Trinajstić information content (AvgIpc) is 3.22. The Morgan fingerprint density at radius 3 is 2.58 bits per heavy atom. The molecule has 2 aliphatic heterocycles. The highest BCUT2D eigenvalue weighted by molar-refractivity contribution is 5.50. The molecule has 2 saturated heterocycles. The summed E-state index contributed by atoms with van der Waals surface area (Å²) in [6.07, 6.45) is 6.46. The van der Waals surface area contributed by atoms with Gasteiger partial charge >= 0.3 is 0 Å². The summed E-state index contributed by atoms with van der Waals surface area (Å²) in [5.41, 5.74) is 1.44. The van der Waals surface area contributed by atoms with E-state index in [0.717, 1.165) is 45.1 Å². The van der Waals surface area contributed by atoms with Gasteiger partial charge in [-0.2, -0.15) is 0 Å². The van der Waals surface area contributed by atoms with Gasteiger partial charge in [0.05, 0.1) is 13.2 Å². The molecule has 3 fully saturated rings. The molecule has 0 radical (unpaired) electrons. The van der Waals surface area contributed by atoms with Crippen molar-refractivity contribution in [2.75, 3.05) is 31.2 Å². The zero-order valence-corrected chi connectivity index (χ0v) is 11.2. The summed E-state index contributed by atoms with van der Waals surface area (Å²) in [7, 11) is 0. The van der Waals surface area contributed by atoms with Crippen LogP contribution in [0.3, 0.4) is 0 Å².